The molecule has 3 N–H and O–H groups in total. The van der Waals surface area contributed by atoms with Crippen LogP contribution in [0.25, 0.3) is 0 Å². The maximum absolute atomic E-state index is 12.5. The Morgan fingerprint density at radius 3 is 2.40 bits per heavy atom. The van der Waals surface area contributed by atoms with E-state index in [-0.39, 0.29) is 13.2 Å². The minimum Gasteiger partial charge on any atom is -0.481 e. The fourth-order valence-electron chi connectivity index (χ4n) is 2.59. The number of nitrogens with zero attached hydrogens (tertiary/aromatic N) is 1. The molecule has 1 aliphatic rings. The van der Waals surface area contributed by atoms with Crippen molar-refractivity contribution in [2.75, 3.05) is 13.2 Å². The quantitative estimate of drug-likeness (QED) is 0.623. The minimum absolute atomic E-state index is 0.0147. The molecule has 25 heavy (non-hydrogen) atoms. The third-order valence-electron chi connectivity index (χ3n) is 3.67. The lowest BCUT2D eigenvalue weighted by Crippen LogP contribution is -2.65. The number of aliphatic imine (C=N–C) groups is 1. The molecule has 3 unspecified atom stereocenters. The van der Waals surface area contributed by atoms with Gasteiger partial charge in [0.05, 0.1) is 19.3 Å². The average Bonchev–Trinajstić information content (AvgIpc) is 2.55. The third-order valence-corrected chi connectivity index (χ3v) is 4.20. The van der Waals surface area contributed by atoms with E-state index in [1.807, 2.05) is 0 Å². The van der Waals surface area contributed by atoms with Crippen LogP contribution < -0.4 is 5.32 Å². The van der Waals surface area contributed by atoms with E-state index < -0.39 is 35.6 Å². The van der Waals surface area contributed by atoms with Crippen molar-refractivity contribution >= 4 is 33.9 Å². The minimum atomic E-state index is -2.51. The highest BCUT2D eigenvalue weighted by Crippen LogP contribution is 2.38. The van der Waals surface area contributed by atoms with Gasteiger partial charge < -0.3 is 25.0 Å². The summed E-state index contributed by atoms with van der Waals surface area (Å²) in [5, 5.41) is 22.9. The predicted octanol–water partition coefficient (Wildman–Crippen LogP) is 1.44. The number of aliphatic hydroxyl groups is 2. The first-order valence-electron chi connectivity index (χ1n) is 7.70. The summed E-state index contributed by atoms with van der Waals surface area (Å²) >= 11 is 3.30. The van der Waals surface area contributed by atoms with Gasteiger partial charge in [0.1, 0.15) is 5.92 Å². The first-order valence-corrected chi connectivity index (χ1v) is 8.49. The van der Waals surface area contributed by atoms with Gasteiger partial charge in [-0.25, -0.2) is 9.79 Å². The van der Waals surface area contributed by atoms with E-state index in [0.29, 0.717) is 5.56 Å². The van der Waals surface area contributed by atoms with Gasteiger partial charge in [-0.1, -0.05) is 28.1 Å². The Kier molecular flexibility index (Phi) is 6.02. The molecule has 0 fully saturated rings. The molecule has 0 radical (unpaired) electrons. The maximum Gasteiger partial charge on any atom is 0.360 e. The lowest BCUT2D eigenvalue weighted by molar-refractivity contribution is -0.187. The number of carbonyl (C=O) groups is 2. The van der Waals surface area contributed by atoms with E-state index in [1.54, 1.807) is 38.1 Å². The van der Waals surface area contributed by atoms with Gasteiger partial charge in [-0.2, -0.15) is 0 Å². The van der Waals surface area contributed by atoms with Gasteiger partial charge in [-0.3, -0.25) is 4.79 Å². The highest BCUT2D eigenvalue weighted by molar-refractivity contribution is 9.10. The van der Waals surface area contributed by atoms with Crippen molar-refractivity contribution in [3.63, 3.8) is 0 Å². The number of nitrogens with one attached hydrogen (secondary N) is 1. The molecule has 8 nitrogen and oxygen atoms in total. The molecular formula is C16H19BrN2O6. The Morgan fingerprint density at radius 1 is 1.24 bits per heavy atom. The van der Waals surface area contributed by atoms with Gasteiger partial charge in [-0.05, 0) is 31.5 Å². The highest BCUT2D eigenvalue weighted by Gasteiger charge is 2.57. The molecule has 0 bridgehead atoms. The van der Waals surface area contributed by atoms with Crippen molar-refractivity contribution in [2.45, 2.75) is 25.6 Å². The van der Waals surface area contributed by atoms with Crippen LogP contribution in [0.3, 0.4) is 0 Å². The number of ether oxygens (including phenoxy) is 2. The Labute approximate surface area is 153 Å². The van der Waals surface area contributed by atoms with E-state index in [9.17, 15) is 19.8 Å². The molecule has 0 saturated carbocycles. The second-order valence-corrected chi connectivity index (χ2v) is 6.21. The van der Waals surface area contributed by atoms with Gasteiger partial charge in [0.2, 0.25) is 0 Å². The van der Waals surface area contributed by atoms with Gasteiger partial charge in [0, 0.05) is 4.47 Å². The van der Waals surface area contributed by atoms with Crippen LogP contribution in [-0.2, 0) is 19.1 Å². The lowest BCUT2D eigenvalue weighted by atomic mass is 9.83. The smallest absolute Gasteiger partial charge is 0.360 e. The molecule has 0 spiro atoms. The van der Waals surface area contributed by atoms with Gasteiger partial charge in [0.15, 0.2) is 0 Å². The van der Waals surface area contributed by atoms with Crippen LogP contribution in [0.15, 0.2) is 33.7 Å². The number of amidine groups is 1. The molecular weight excluding hydrogens is 396 g/mol. The van der Waals surface area contributed by atoms with Crippen LogP contribution in [0, 0.1) is 5.92 Å². The molecule has 0 saturated heterocycles. The van der Waals surface area contributed by atoms with E-state index in [1.165, 1.54) is 0 Å². The lowest BCUT2D eigenvalue weighted by Gasteiger charge is -2.39. The van der Waals surface area contributed by atoms with Gasteiger partial charge in [0.25, 0.3) is 11.7 Å². The second kappa shape index (κ2) is 7.83. The SMILES string of the molecule is CCOC(=O)C1C(c2ccc(Br)cc2)N=C(O)NC1(O)C(=O)OCC. The van der Waals surface area contributed by atoms with E-state index in [0.717, 1.165) is 4.47 Å². The number of rotatable bonds is 5. The van der Waals surface area contributed by atoms with E-state index in [4.69, 9.17) is 9.47 Å². The molecule has 2 rings (SSSR count). The summed E-state index contributed by atoms with van der Waals surface area (Å²) in [4.78, 5) is 28.8. The highest BCUT2D eigenvalue weighted by atomic mass is 79.9. The van der Waals surface area contributed by atoms with Crippen molar-refractivity contribution < 1.29 is 29.3 Å². The van der Waals surface area contributed by atoms with Crippen molar-refractivity contribution in [3.8, 4) is 0 Å². The zero-order chi connectivity index (χ0) is 18.6. The summed E-state index contributed by atoms with van der Waals surface area (Å²) in [6.07, 6.45) is 0. The summed E-state index contributed by atoms with van der Waals surface area (Å²) in [6.45, 7) is 3.20. The predicted molar refractivity (Wildman–Crippen MR) is 91.8 cm³/mol. The molecule has 1 aromatic rings. The second-order valence-electron chi connectivity index (χ2n) is 5.29. The topological polar surface area (TPSA) is 117 Å². The van der Waals surface area contributed by atoms with Gasteiger partial charge in [-0.15, -0.1) is 0 Å². The Balaban J connectivity index is 2.54. The summed E-state index contributed by atoms with van der Waals surface area (Å²) in [7, 11) is 0. The molecule has 1 aromatic carbocycles. The summed E-state index contributed by atoms with van der Waals surface area (Å²) < 4.78 is 10.7. The zero-order valence-electron chi connectivity index (χ0n) is 13.7. The number of aliphatic hydroxyl groups excluding tert-OH is 1. The van der Waals surface area contributed by atoms with E-state index in [2.05, 4.69) is 26.2 Å². The first kappa shape index (κ1) is 19.2. The van der Waals surface area contributed by atoms with E-state index >= 15 is 0 Å². The first-order chi connectivity index (χ1) is 11.8. The Hall–Kier alpha value is -2.13. The van der Waals surface area contributed by atoms with Crippen molar-refractivity contribution in [2.24, 2.45) is 10.9 Å². The molecule has 1 heterocycles. The Bertz CT molecular complexity index is 678. The number of hydrogen-bond acceptors (Lipinski definition) is 7. The van der Waals surface area contributed by atoms with Crippen LogP contribution in [-0.4, -0.2) is 47.1 Å². The fourth-order valence-corrected chi connectivity index (χ4v) is 2.86. The van der Waals surface area contributed by atoms with Crippen LogP contribution >= 0.6 is 15.9 Å². The fraction of sp³-hybridized carbons (Fsp3) is 0.438. The molecule has 3 atom stereocenters. The summed E-state index contributed by atoms with van der Waals surface area (Å²) in [6, 6.07) is 5.04. The number of esters is 2. The molecule has 1 aliphatic heterocycles. The number of benzene rings is 1. The summed E-state index contributed by atoms with van der Waals surface area (Å²) in [5.74, 6) is -3.38. The van der Waals surface area contributed by atoms with Gasteiger partial charge >= 0.3 is 11.9 Å². The van der Waals surface area contributed by atoms with Crippen molar-refractivity contribution in [1.82, 2.24) is 5.32 Å². The number of halogens is 1. The zero-order valence-corrected chi connectivity index (χ0v) is 15.3. The normalized spacial score (nSPS) is 25.5. The molecule has 0 aliphatic carbocycles. The van der Waals surface area contributed by atoms with Crippen LogP contribution in [0.5, 0.6) is 0 Å². The monoisotopic (exact) mass is 414 g/mol. The number of hydrogen-bond donors (Lipinski definition) is 3. The van der Waals surface area contributed by atoms with Crippen molar-refractivity contribution in [3.05, 3.63) is 34.3 Å². The standard InChI is InChI=1S/C16H19BrN2O6/c1-3-24-13(20)11-12(9-5-7-10(17)8-6-9)18-15(22)19-16(11,23)14(21)25-4-2/h5-8,11-12,23H,3-4H2,1-2H3,(H2,18,19,22). The Morgan fingerprint density at radius 2 is 1.84 bits per heavy atom. The number of carbonyl (C=O) groups excluding carboxylic acids is 2. The summed E-state index contributed by atoms with van der Waals surface area (Å²) in [5.41, 5.74) is -2.00. The van der Waals surface area contributed by atoms with Crippen LogP contribution in [0.4, 0.5) is 0 Å². The van der Waals surface area contributed by atoms with Crippen LogP contribution in [0.2, 0.25) is 0 Å². The largest absolute Gasteiger partial charge is 0.481 e. The molecule has 0 aromatic heterocycles. The van der Waals surface area contributed by atoms with Crippen LogP contribution in [0.1, 0.15) is 25.5 Å². The molecule has 9 heteroatoms. The molecule has 0 amide bonds. The third kappa shape index (κ3) is 3.93. The van der Waals surface area contributed by atoms with Crippen molar-refractivity contribution in [1.29, 1.82) is 0 Å². The average molecular weight is 415 g/mol. The molecule has 136 valence electrons. The maximum atomic E-state index is 12.5.